The van der Waals surface area contributed by atoms with Crippen LogP contribution in [0.5, 0.6) is 0 Å². The molecule has 0 unspecified atom stereocenters. The number of hydrogen-bond acceptors (Lipinski definition) is 4. The van der Waals surface area contributed by atoms with Crippen molar-refractivity contribution in [1.82, 2.24) is 4.90 Å². The molecule has 4 heteroatoms. The molecule has 0 aliphatic carbocycles. The Bertz CT molecular complexity index is 426. The van der Waals surface area contributed by atoms with E-state index in [1.165, 1.54) is 10.4 Å². The largest absolute Gasteiger partial charge is 0.369 e. The fourth-order valence-corrected chi connectivity index (χ4v) is 3.86. The lowest BCUT2D eigenvalue weighted by molar-refractivity contribution is -0.0890. The van der Waals surface area contributed by atoms with E-state index in [1.54, 1.807) is 0 Å². The average molecular weight is 234 g/mol. The lowest BCUT2D eigenvalue weighted by Crippen LogP contribution is -2.44. The molecule has 2 aliphatic heterocycles. The molecule has 1 spiro atoms. The van der Waals surface area contributed by atoms with Gasteiger partial charge in [0.1, 0.15) is 5.60 Å². The summed E-state index contributed by atoms with van der Waals surface area (Å²) in [4.78, 5) is 3.24. The second-order valence-electron chi connectivity index (χ2n) is 4.45. The predicted octanol–water partition coefficient (Wildman–Crippen LogP) is 2.09. The van der Waals surface area contributed by atoms with Gasteiger partial charge in [0.25, 0.3) is 0 Å². The van der Waals surface area contributed by atoms with Gasteiger partial charge in [-0.1, -0.05) is 0 Å². The van der Waals surface area contributed by atoms with Crippen LogP contribution < -0.4 is 0 Å². The van der Waals surface area contributed by atoms with Gasteiger partial charge in [-0.05, 0) is 36.3 Å². The Hall–Kier alpha value is -1.05. The summed E-state index contributed by atoms with van der Waals surface area (Å²) in [6.45, 7) is 2.48. The van der Waals surface area contributed by atoms with E-state index in [0.29, 0.717) is 0 Å². The molecule has 1 aromatic rings. The van der Waals surface area contributed by atoms with Gasteiger partial charge < -0.3 is 9.64 Å². The van der Waals surface area contributed by atoms with Crippen molar-refractivity contribution >= 4 is 11.3 Å². The first-order valence-corrected chi connectivity index (χ1v) is 6.57. The number of hydrogen-bond donors (Lipinski definition) is 0. The van der Waals surface area contributed by atoms with Crippen molar-refractivity contribution in [2.75, 3.05) is 19.7 Å². The number of ether oxygens (including phenoxy) is 1. The molecule has 1 fully saturated rings. The van der Waals surface area contributed by atoms with Crippen LogP contribution in [0.2, 0.25) is 0 Å². The molecule has 3 rings (SSSR count). The summed E-state index contributed by atoms with van der Waals surface area (Å²) in [6.07, 6.45) is 5.17. The van der Waals surface area contributed by atoms with Gasteiger partial charge in [-0.15, -0.1) is 11.3 Å². The van der Waals surface area contributed by atoms with Crippen molar-refractivity contribution in [3.05, 3.63) is 21.9 Å². The standard InChI is InChI=1S/C12H14N2OS/c13-9-14-5-3-12(4-6-14)11-10(1-7-15-12)2-8-16-11/h2,8H,1,3-7H2. The van der Waals surface area contributed by atoms with Crippen LogP contribution in [0.1, 0.15) is 23.3 Å². The highest BCUT2D eigenvalue weighted by atomic mass is 32.1. The fourth-order valence-electron chi connectivity index (χ4n) is 2.69. The number of nitrogens with zero attached hydrogens (tertiary/aromatic N) is 2. The van der Waals surface area contributed by atoms with Crippen LogP contribution in [0.3, 0.4) is 0 Å². The Morgan fingerprint density at radius 2 is 2.25 bits per heavy atom. The van der Waals surface area contributed by atoms with Gasteiger partial charge >= 0.3 is 0 Å². The zero-order chi connectivity index (χ0) is 11.0. The lowest BCUT2D eigenvalue weighted by atomic mass is 9.85. The van der Waals surface area contributed by atoms with Crippen molar-refractivity contribution in [1.29, 1.82) is 5.26 Å². The average Bonchev–Trinajstić information content (AvgIpc) is 2.80. The highest BCUT2D eigenvalue weighted by molar-refractivity contribution is 7.10. The number of piperidine rings is 1. The van der Waals surface area contributed by atoms with Gasteiger partial charge in [-0.3, -0.25) is 0 Å². The van der Waals surface area contributed by atoms with Crippen molar-refractivity contribution in [2.24, 2.45) is 0 Å². The molecule has 84 valence electrons. The first-order valence-electron chi connectivity index (χ1n) is 5.69. The minimum absolute atomic E-state index is 0.0743. The minimum Gasteiger partial charge on any atom is -0.369 e. The summed E-state index contributed by atoms with van der Waals surface area (Å²) in [5.74, 6) is 0. The Balaban J connectivity index is 1.89. The summed E-state index contributed by atoms with van der Waals surface area (Å²) in [6, 6.07) is 2.22. The van der Waals surface area contributed by atoms with Gasteiger partial charge in [0.15, 0.2) is 6.19 Å². The van der Waals surface area contributed by atoms with Crippen LogP contribution >= 0.6 is 11.3 Å². The van der Waals surface area contributed by atoms with Gasteiger partial charge in [0.05, 0.1) is 6.61 Å². The normalized spacial score (nSPS) is 22.8. The monoisotopic (exact) mass is 234 g/mol. The van der Waals surface area contributed by atoms with Crippen LogP contribution in [-0.4, -0.2) is 24.6 Å². The molecule has 16 heavy (non-hydrogen) atoms. The van der Waals surface area contributed by atoms with Crippen molar-refractivity contribution in [3.8, 4) is 6.19 Å². The molecular weight excluding hydrogens is 220 g/mol. The van der Waals surface area contributed by atoms with Crippen LogP contribution in [0.15, 0.2) is 11.4 Å². The van der Waals surface area contributed by atoms with Gasteiger partial charge in [0, 0.05) is 18.0 Å². The number of fused-ring (bicyclic) bond motifs is 2. The molecule has 3 nitrogen and oxygen atoms in total. The second kappa shape index (κ2) is 3.76. The summed E-state index contributed by atoms with van der Waals surface area (Å²) < 4.78 is 6.06. The molecule has 0 saturated carbocycles. The SMILES string of the molecule is N#CN1CCC2(CC1)OCCc1ccsc12. The third kappa shape index (κ3) is 1.43. The van der Waals surface area contributed by atoms with Gasteiger partial charge in [0.2, 0.25) is 0 Å². The zero-order valence-corrected chi connectivity index (χ0v) is 9.92. The third-order valence-corrected chi connectivity index (χ3v) is 4.76. The molecular formula is C12H14N2OS. The van der Waals surface area contributed by atoms with E-state index in [9.17, 15) is 0 Å². The molecule has 3 heterocycles. The summed E-state index contributed by atoms with van der Waals surface area (Å²) in [5, 5.41) is 11.0. The van der Waals surface area contributed by atoms with Crippen molar-refractivity contribution in [2.45, 2.75) is 24.9 Å². The topological polar surface area (TPSA) is 36.3 Å². The van der Waals surface area contributed by atoms with E-state index in [-0.39, 0.29) is 5.60 Å². The van der Waals surface area contributed by atoms with Crippen molar-refractivity contribution < 1.29 is 4.74 Å². The molecule has 0 radical (unpaired) electrons. The second-order valence-corrected chi connectivity index (χ2v) is 5.37. The molecule has 1 saturated heterocycles. The minimum atomic E-state index is -0.0743. The van der Waals surface area contributed by atoms with E-state index >= 15 is 0 Å². The van der Waals surface area contributed by atoms with Gasteiger partial charge in [-0.2, -0.15) is 5.26 Å². The highest BCUT2D eigenvalue weighted by Crippen LogP contribution is 2.43. The Kier molecular flexibility index (Phi) is 2.38. The molecule has 2 aliphatic rings. The molecule has 0 bridgehead atoms. The molecule has 0 atom stereocenters. The third-order valence-electron chi connectivity index (χ3n) is 3.62. The fraction of sp³-hybridized carbons (Fsp3) is 0.583. The number of likely N-dealkylation sites (tertiary alicyclic amines) is 1. The quantitative estimate of drug-likeness (QED) is 0.645. The first kappa shape index (κ1) is 10.1. The van der Waals surface area contributed by atoms with Crippen molar-refractivity contribution in [3.63, 3.8) is 0 Å². The van der Waals surface area contributed by atoms with Gasteiger partial charge in [-0.25, -0.2) is 0 Å². The van der Waals surface area contributed by atoms with E-state index in [2.05, 4.69) is 17.6 Å². The molecule has 0 aromatic carbocycles. The maximum atomic E-state index is 8.87. The number of rotatable bonds is 0. The maximum absolute atomic E-state index is 8.87. The Labute approximate surface area is 99.2 Å². The predicted molar refractivity (Wildman–Crippen MR) is 62.1 cm³/mol. The van der Waals surface area contributed by atoms with E-state index in [0.717, 1.165) is 39.0 Å². The van der Waals surface area contributed by atoms with Crippen LogP contribution in [-0.2, 0) is 16.8 Å². The number of thiophene rings is 1. The van der Waals surface area contributed by atoms with Crippen LogP contribution in [0.25, 0.3) is 0 Å². The summed E-state index contributed by atoms with van der Waals surface area (Å²) in [7, 11) is 0. The number of nitriles is 1. The summed E-state index contributed by atoms with van der Waals surface area (Å²) in [5.41, 5.74) is 1.39. The van der Waals surface area contributed by atoms with E-state index in [1.807, 2.05) is 16.2 Å². The van der Waals surface area contributed by atoms with Crippen LogP contribution in [0, 0.1) is 11.5 Å². The smallest absolute Gasteiger partial charge is 0.179 e. The Morgan fingerprint density at radius 3 is 3.00 bits per heavy atom. The Morgan fingerprint density at radius 1 is 1.44 bits per heavy atom. The molecule has 0 N–H and O–H groups in total. The van der Waals surface area contributed by atoms with E-state index in [4.69, 9.17) is 10.00 Å². The first-order chi connectivity index (χ1) is 7.84. The maximum Gasteiger partial charge on any atom is 0.179 e. The summed E-state index contributed by atoms with van der Waals surface area (Å²) >= 11 is 1.81. The lowest BCUT2D eigenvalue weighted by Gasteiger charge is -2.42. The zero-order valence-electron chi connectivity index (χ0n) is 9.11. The molecule has 1 aromatic heterocycles. The van der Waals surface area contributed by atoms with E-state index < -0.39 is 0 Å². The van der Waals surface area contributed by atoms with Crippen LogP contribution in [0.4, 0.5) is 0 Å². The highest BCUT2D eigenvalue weighted by Gasteiger charge is 2.41. The molecule has 0 amide bonds.